The molecule has 0 bridgehead atoms. The third-order valence-electron chi connectivity index (χ3n) is 3.91. The lowest BCUT2D eigenvalue weighted by Crippen LogP contribution is -2.42. The molecule has 1 saturated heterocycles. The number of amides is 1. The number of aliphatic hydroxyl groups is 1. The molecule has 6 heteroatoms. The summed E-state index contributed by atoms with van der Waals surface area (Å²) in [5.41, 5.74) is 1.07. The van der Waals surface area contributed by atoms with Crippen LogP contribution in [0.2, 0.25) is 0 Å². The minimum atomic E-state index is -0.358. The van der Waals surface area contributed by atoms with Crippen molar-refractivity contribution >= 4 is 28.6 Å². The van der Waals surface area contributed by atoms with Crippen LogP contribution >= 0.6 is 22.7 Å². The molecule has 2 unspecified atom stereocenters. The van der Waals surface area contributed by atoms with Crippen molar-refractivity contribution in [1.82, 2.24) is 9.88 Å². The fourth-order valence-electron chi connectivity index (χ4n) is 2.64. The summed E-state index contributed by atoms with van der Waals surface area (Å²) in [5, 5.41) is 14.7. The van der Waals surface area contributed by atoms with Gasteiger partial charge < -0.3 is 10.0 Å². The van der Waals surface area contributed by atoms with Crippen LogP contribution in [0.25, 0.3) is 10.6 Å². The van der Waals surface area contributed by atoms with Crippen LogP contribution in [-0.2, 0) is 0 Å². The number of rotatable bonds is 3. The summed E-state index contributed by atoms with van der Waals surface area (Å²) in [5.74, 6) is 0.228. The van der Waals surface area contributed by atoms with Crippen molar-refractivity contribution in [3.63, 3.8) is 0 Å². The number of aliphatic hydroxyl groups excluding tert-OH is 1. The van der Waals surface area contributed by atoms with E-state index in [0.717, 1.165) is 30.0 Å². The smallest absolute Gasteiger partial charge is 0.265 e. The molecule has 1 aliphatic heterocycles. The van der Waals surface area contributed by atoms with Crippen molar-refractivity contribution < 1.29 is 9.90 Å². The van der Waals surface area contributed by atoms with Crippen LogP contribution in [0.4, 0.5) is 0 Å². The van der Waals surface area contributed by atoms with E-state index in [4.69, 9.17) is 0 Å². The first-order chi connectivity index (χ1) is 10.1. The molecule has 2 atom stereocenters. The highest BCUT2D eigenvalue weighted by Crippen LogP contribution is 2.29. The number of thiophene rings is 1. The van der Waals surface area contributed by atoms with E-state index in [1.807, 2.05) is 21.7 Å². The third kappa shape index (κ3) is 3.17. The molecule has 0 spiro atoms. The van der Waals surface area contributed by atoms with E-state index in [0.29, 0.717) is 11.4 Å². The molecule has 1 fully saturated rings. The van der Waals surface area contributed by atoms with Gasteiger partial charge >= 0.3 is 0 Å². The van der Waals surface area contributed by atoms with Crippen molar-refractivity contribution in [2.24, 2.45) is 5.92 Å². The second kappa shape index (κ2) is 6.25. The fraction of sp³-hybridized carbons (Fsp3) is 0.467. The minimum Gasteiger partial charge on any atom is -0.393 e. The predicted molar refractivity (Wildman–Crippen MR) is 85.7 cm³/mol. The van der Waals surface area contributed by atoms with Crippen LogP contribution in [0, 0.1) is 5.92 Å². The molecular formula is C15H18N2O2S2. The molecule has 112 valence electrons. The largest absolute Gasteiger partial charge is 0.393 e. The summed E-state index contributed by atoms with van der Waals surface area (Å²) < 4.78 is 0. The number of nitrogens with zero attached hydrogens (tertiary/aromatic N) is 2. The highest BCUT2D eigenvalue weighted by Gasteiger charge is 2.28. The second-order valence-electron chi connectivity index (χ2n) is 5.44. The fourth-order valence-corrected chi connectivity index (χ4v) is 4.23. The normalized spacial score (nSPS) is 20.5. The van der Waals surface area contributed by atoms with Crippen molar-refractivity contribution in [1.29, 1.82) is 0 Å². The van der Waals surface area contributed by atoms with Crippen LogP contribution in [0.1, 0.15) is 29.4 Å². The average Bonchev–Trinajstić information content (AvgIpc) is 3.17. The summed E-state index contributed by atoms with van der Waals surface area (Å²) in [6, 6.07) is 2.02. The Balaban J connectivity index is 1.73. The zero-order chi connectivity index (χ0) is 14.8. The molecule has 0 aliphatic carbocycles. The summed E-state index contributed by atoms with van der Waals surface area (Å²) in [7, 11) is 0. The Morgan fingerprint density at radius 3 is 3.14 bits per heavy atom. The van der Waals surface area contributed by atoms with E-state index in [2.05, 4.69) is 4.98 Å². The summed E-state index contributed by atoms with van der Waals surface area (Å²) in [6.45, 7) is 3.22. The molecular weight excluding hydrogens is 304 g/mol. The molecule has 1 aliphatic rings. The van der Waals surface area contributed by atoms with Crippen LogP contribution in [0.5, 0.6) is 0 Å². The van der Waals surface area contributed by atoms with Gasteiger partial charge in [0.15, 0.2) is 0 Å². The predicted octanol–water partition coefficient (Wildman–Crippen LogP) is 3.10. The topological polar surface area (TPSA) is 53.4 Å². The Labute approximate surface area is 132 Å². The Morgan fingerprint density at radius 1 is 1.57 bits per heavy atom. The first kappa shape index (κ1) is 14.7. The van der Waals surface area contributed by atoms with E-state index in [1.54, 1.807) is 24.5 Å². The van der Waals surface area contributed by atoms with E-state index in [1.165, 1.54) is 11.3 Å². The van der Waals surface area contributed by atoms with E-state index in [9.17, 15) is 9.90 Å². The molecule has 2 aromatic rings. The number of hydrogen-bond donors (Lipinski definition) is 1. The average molecular weight is 322 g/mol. The standard InChI is InChI=1S/C15H18N2O2S2/c1-10(18)11-3-2-5-17(8-11)15(19)13-7-16-14(21-13)12-4-6-20-9-12/h4,6-7,9-11,18H,2-3,5,8H2,1H3. The third-order valence-corrected chi connectivity index (χ3v) is 5.63. The number of likely N-dealkylation sites (tertiary alicyclic amines) is 1. The maximum Gasteiger partial charge on any atom is 0.265 e. The Bertz CT molecular complexity index is 607. The van der Waals surface area contributed by atoms with Gasteiger partial charge in [0.05, 0.1) is 12.3 Å². The lowest BCUT2D eigenvalue weighted by atomic mass is 9.93. The molecule has 2 aromatic heterocycles. The molecule has 0 radical (unpaired) electrons. The monoisotopic (exact) mass is 322 g/mol. The van der Waals surface area contributed by atoms with Crippen LogP contribution in [-0.4, -0.2) is 40.1 Å². The summed E-state index contributed by atoms with van der Waals surface area (Å²) >= 11 is 3.07. The lowest BCUT2D eigenvalue weighted by Gasteiger charge is -2.33. The summed E-state index contributed by atoms with van der Waals surface area (Å²) in [4.78, 5) is 19.5. The number of carbonyl (C=O) groups is 1. The zero-order valence-corrected chi connectivity index (χ0v) is 13.5. The number of carbonyl (C=O) groups excluding carboxylic acids is 1. The minimum absolute atomic E-state index is 0.0410. The Hall–Kier alpha value is -1.24. The van der Waals surface area contributed by atoms with Gasteiger partial charge in [0.1, 0.15) is 9.88 Å². The first-order valence-electron chi connectivity index (χ1n) is 7.11. The van der Waals surface area contributed by atoms with Gasteiger partial charge in [0.25, 0.3) is 5.91 Å². The van der Waals surface area contributed by atoms with E-state index < -0.39 is 0 Å². The number of hydrogen-bond acceptors (Lipinski definition) is 5. The summed E-state index contributed by atoms with van der Waals surface area (Å²) in [6.07, 6.45) is 3.26. The maximum atomic E-state index is 12.6. The van der Waals surface area contributed by atoms with Gasteiger partial charge in [-0.3, -0.25) is 4.79 Å². The number of piperidine rings is 1. The van der Waals surface area contributed by atoms with Crippen molar-refractivity contribution in [3.8, 4) is 10.6 Å². The quantitative estimate of drug-likeness (QED) is 0.944. The zero-order valence-electron chi connectivity index (χ0n) is 11.9. The van der Waals surface area contributed by atoms with Gasteiger partial charge in [-0.1, -0.05) is 0 Å². The molecule has 0 aromatic carbocycles. The molecule has 0 saturated carbocycles. The van der Waals surface area contributed by atoms with Gasteiger partial charge in [0.2, 0.25) is 0 Å². The van der Waals surface area contributed by atoms with Crippen molar-refractivity contribution in [3.05, 3.63) is 27.9 Å². The highest BCUT2D eigenvalue weighted by atomic mass is 32.1. The second-order valence-corrected chi connectivity index (χ2v) is 7.25. The van der Waals surface area contributed by atoms with Gasteiger partial charge in [-0.25, -0.2) is 4.98 Å². The van der Waals surface area contributed by atoms with Crippen LogP contribution in [0.15, 0.2) is 23.0 Å². The van der Waals surface area contributed by atoms with Crippen LogP contribution < -0.4 is 0 Å². The van der Waals surface area contributed by atoms with E-state index in [-0.39, 0.29) is 17.9 Å². The van der Waals surface area contributed by atoms with Gasteiger partial charge in [-0.15, -0.1) is 11.3 Å². The molecule has 4 nitrogen and oxygen atoms in total. The maximum absolute atomic E-state index is 12.6. The molecule has 21 heavy (non-hydrogen) atoms. The van der Waals surface area contributed by atoms with E-state index >= 15 is 0 Å². The van der Waals surface area contributed by atoms with Crippen molar-refractivity contribution in [2.45, 2.75) is 25.9 Å². The number of thiazole rings is 1. The molecule has 1 N–H and O–H groups in total. The van der Waals surface area contributed by atoms with Gasteiger partial charge in [-0.2, -0.15) is 11.3 Å². The Morgan fingerprint density at radius 2 is 2.43 bits per heavy atom. The van der Waals surface area contributed by atoms with Gasteiger partial charge in [-0.05, 0) is 31.2 Å². The van der Waals surface area contributed by atoms with Crippen LogP contribution in [0.3, 0.4) is 0 Å². The SMILES string of the molecule is CC(O)C1CCCN(C(=O)c2cnc(-c3ccsc3)s2)C1. The Kier molecular flexibility index (Phi) is 4.37. The molecule has 1 amide bonds. The van der Waals surface area contributed by atoms with Gasteiger partial charge in [0, 0.05) is 30.0 Å². The lowest BCUT2D eigenvalue weighted by molar-refractivity contribution is 0.0469. The number of aromatic nitrogens is 1. The first-order valence-corrected chi connectivity index (χ1v) is 8.87. The van der Waals surface area contributed by atoms with Crippen molar-refractivity contribution in [2.75, 3.05) is 13.1 Å². The molecule has 3 rings (SSSR count). The highest BCUT2D eigenvalue weighted by molar-refractivity contribution is 7.17. The molecule has 3 heterocycles.